The zero-order valence-electron chi connectivity index (χ0n) is 11.2. The van der Waals surface area contributed by atoms with Gasteiger partial charge in [0.15, 0.2) is 0 Å². The Balaban J connectivity index is 2.07. The van der Waals surface area contributed by atoms with E-state index in [-0.39, 0.29) is 6.10 Å². The molecule has 18 heavy (non-hydrogen) atoms. The fraction of sp³-hybridized carbons (Fsp3) is 0.600. The van der Waals surface area contributed by atoms with Crippen LogP contribution in [0.5, 0.6) is 5.75 Å². The van der Waals surface area contributed by atoms with Gasteiger partial charge < -0.3 is 10.1 Å². The first-order chi connectivity index (χ1) is 8.70. The van der Waals surface area contributed by atoms with E-state index in [2.05, 4.69) is 18.3 Å². The Hall–Kier alpha value is -0.730. The molecular formula is C15H22ClNO. The standard InChI is InChI=1S/C15H22ClNO/c1-3-4-14(12-7-8-17-10-12)18-15-6-5-11(2)9-13(15)16/h5-6,9,12,14,17H,3-4,7-8,10H2,1-2H3/t12-,14-/m0/s1. The van der Waals surface area contributed by atoms with Crippen molar-refractivity contribution < 1.29 is 4.74 Å². The summed E-state index contributed by atoms with van der Waals surface area (Å²) >= 11 is 6.24. The van der Waals surface area contributed by atoms with Gasteiger partial charge in [-0.05, 0) is 44.0 Å². The van der Waals surface area contributed by atoms with E-state index in [0.717, 1.165) is 36.7 Å². The first kappa shape index (κ1) is 13.7. The van der Waals surface area contributed by atoms with Crippen LogP contribution in [0.25, 0.3) is 0 Å². The fourth-order valence-corrected chi connectivity index (χ4v) is 2.81. The number of hydrogen-bond donors (Lipinski definition) is 1. The third kappa shape index (κ3) is 3.39. The van der Waals surface area contributed by atoms with Crippen LogP contribution in [0.15, 0.2) is 18.2 Å². The van der Waals surface area contributed by atoms with Crippen LogP contribution in [0.4, 0.5) is 0 Å². The van der Waals surface area contributed by atoms with Crippen molar-refractivity contribution in [3.63, 3.8) is 0 Å². The second-order valence-electron chi connectivity index (χ2n) is 5.13. The molecule has 1 N–H and O–H groups in total. The summed E-state index contributed by atoms with van der Waals surface area (Å²) in [6, 6.07) is 6.01. The van der Waals surface area contributed by atoms with Crippen LogP contribution >= 0.6 is 11.6 Å². The molecule has 0 unspecified atom stereocenters. The van der Waals surface area contributed by atoms with Crippen molar-refractivity contribution >= 4 is 11.6 Å². The van der Waals surface area contributed by atoms with E-state index in [9.17, 15) is 0 Å². The van der Waals surface area contributed by atoms with Gasteiger partial charge in [-0.25, -0.2) is 0 Å². The third-order valence-electron chi connectivity index (χ3n) is 3.56. The van der Waals surface area contributed by atoms with Gasteiger partial charge in [-0.3, -0.25) is 0 Å². The molecule has 2 atom stereocenters. The fourth-order valence-electron chi connectivity index (χ4n) is 2.53. The summed E-state index contributed by atoms with van der Waals surface area (Å²) in [5.41, 5.74) is 1.17. The average molecular weight is 268 g/mol. The van der Waals surface area contributed by atoms with E-state index >= 15 is 0 Å². The Kier molecular flexibility index (Phi) is 4.90. The Morgan fingerprint density at radius 3 is 2.94 bits per heavy atom. The summed E-state index contributed by atoms with van der Waals surface area (Å²) in [5, 5.41) is 4.13. The number of nitrogens with one attached hydrogen (secondary N) is 1. The van der Waals surface area contributed by atoms with Crippen LogP contribution in [0.2, 0.25) is 5.02 Å². The molecule has 1 aliphatic heterocycles. The van der Waals surface area contributed by atoms with Gasteiger partial charge in [-0.2, -0.15) is 0 Å². The van der Waals surface area contributed by atoms with Crippen molar-refractivity contribution in [2.24, 2.45) is 5.92 Å². The minimum atomic E-state index is 0.283. The van der Waals surface area contributed by atoms with Crippen molar-refractivity contribution in [3.05, 3.63) is 28.8 Å². The molecule has 1 saturated heterocycles. The van der Waals surface area contributed by atoms with Crippen LogP contribution in [0.1, 0.15) is 31.7 Å². The predicted octanol–water partition coefficient (Wildman–Crippen LogP) is 3.81. The highest BCUT2D eigenvalue weighted by molar-refractivity contribution is 6.32. The molecule has 0 bridgehead atoms. The zero-order valence-corrected chi connectivity index (χ0v) is 12.0. The van der Waals surface area contributed by atoms with Crippen molar-refractivity contribution in [3.8, 4) is 5.75 Å². The predicted molar refractivity (Wildman–Crippen MR) is 76.5 cm³/mol. The summed E-state index contributed by atoms with van der Waals surface area (Å²) in [7, 11) is 0. The number of aryl methyl sites for hydroxylation is 1. The lowest BCUT2D eigenvalue weighted by Gasteiger charge is -2.24. The summed E-state index contributed by atoms with van der Waals surface area (Å²) in [5.74, 6) is 1.44. The van der Waals surface area contributed by atoms with Crippen molar-refractivity contribution in [2.75, 3.05) is 13.1 Å². The summed E-state index contributed by atoms with van der Waals surface area (Å²) < 4.78 is 6.15. The minimum absolute atomic E-state index is 0.283. The second kappa shape index (κ2) is 6.44. The van der Waals surface area contributed by atoms with Crippen molar-refractivity contribution in [1.82, 2.24) is 5.32 Å². The number of halogens is 1. The number of benzene rings is 1. The first-order valence-electron chi connectivity index (χ1n) is 6.84. The SMILES string of the molecule is CCC[C@H](Oc1ccc(C)cc1Cl)[C@H]1CCNC1. The molecule has 3 heteroatoms. The lowest BCUT2D eigenvalue weighted by Crippen LogP contribution is -2.28. The van der Waals surface area contributed by atoms with Crippen LogP contribution in [0, 0.1) is 12.8 Å². The minimum Gasteiger partial charge on any atom is -0.489 e. The number of rotatable bonds is 5. The maximum atomic E-state index is 6.24. The smallest absolute Gasteiger partial charge is 0.138 e. The van der Waals surface area contributed by atoms with Gasteiger partial charge in [0.05, 0.1) is 5.02 Å². The first-order valence-corrected chi connectivity index (χ1v) is 7.22. The van der Waals surface area contributed by atoms with Crippen LogP contribution in [0.3, 0.4) is 0 Å². The molecular weight excluding hydrogens is 246 g/mol. The molecule has 2 rings (SSSR count). The van der Waals surface area contributed by atoms with Crippen LogP contribution in [-0.4, -0.2) is 19.2 Å². The van der Waals surface area contributed by atoms with Crippen LogP contribution in [-0.2, 0) is 0 Å². The Bertz CT molecular complexity index is 388. The second-order valence-corrected chi connectivity index (χ2v) is 5.54. The van der Waals surface area contributed by atoms with Gasteiger partial charge in [0.1, 0.15) is 11.9 Å². The molecule has 1 fully saturated rings. The molecule has 100 valence electrons. The largest absolute Gasteiger partial charge is 0.489 e. The Morgan fingerprint density at radius 2 is 2.33 bits per heavy atom. The molecule has 1 aliphatic rings. The molecule has 1 heterocycles. The molecule has 0 amide bonds. The Morgan fingerprint density at radius 1 is 1.50 bits per heavy atom. The average Bonchev–Trinajstić information content (AvgIpc) is 2.85. The highest BCUT2D eigenvalue weighted by Gasteiger charge is 2.26. The number of ether oxygens (including phenoxy) is 1. The van der Waals surface area contributed by atoms with E-state index in [1.54, 1.807) is 0 Å². The normalized spacial score (nSPS) is 20.9. The molecule has 0 radical (unpaired) electrons. The monoisotopic (exact) mass is 267 g/mol. The van der Waals surface area contributed by atoms with E-state index in [0.29, 0.717) is 5.92 Å². The molecule has 1 aromatic rings. The maximum Gasteiger partial charge on any atom is 0.138 e. The van der Waals surface area contributed by atoms with Gasteiger partial charge in [0.2, 0.25) is 0 Å². The molecule has 0 aliphatic carbocycles. The van der Waals surface area contributed by atoms with E-state index < -0.39 is 0 Å². The van der Waals surface area contributed by atoms with Crippen molar-refractivity contribution in [2.45, 2.75) is 39.2 Å². The molecule has 2 nitrogen and oxygen atoms in total. The molecule has 0 spiro atoms. The maximum absolute atomic E-state index is 6.24. The summed E-state index contributed by atoms with van der Waals surface area (Å²) in [4.78, 5) is 0. The summed E-state index contributed by atoms with van der Waals surface area (Å²) in [6.07, 6.45) is 3.72. The Labute approximate surface area is 115 Å². The van der Waals surface area contributed by atoms with Crippen LogP contribution < -0.4 is 10.1 Å². The topological polar surface area (TPSA) is 21.3 Å². The van der Waals surface area contributed by atoms with Gasteiger partial charge >= 0.3 is 0 Å². The number of hydrogen-bond acceptors (Lipinski definition) is 2. The highest BCUT2D eigenvalue weighted by Crippen LogP contribution is 2.29. The lowest BCUT2D eigenvalue weighted by molar-refractivity contribution is 0.132. The van der Waals surface area contributed by atoms with Gasteiger partial charge in [-0.1, -0.05) is 31.0 Å². The highest BCUT2D eigenvalue weighted by atomic mass is 35.5. The lowest BCUT2D eigenvalue weighted by atomic mass is 9.97. The molecule has 1 aromatic carbocycles. The quantitative estimate of drug-likeness (QED) is 0.876. The van der Waals surface area contributed by atoms with E-state index in [1.165, 1.54) is 12.0 Å². The van der Waals surface area contributed by atoms with E-state index in [1.807, 2.05) is 19.1 Å². The zero-order chi connectivity index (χ0) is 13.0. The summed E-state index contributed by atoms with van der Waals surface area (Å²) in [6.45, 7) is 6.42. The molecule has 0 aromatic heterocycles. The molecule has 0 saturated carbocycles. The van der Waals surface area contributed by atoms with Crippen molar-refractivity contribution in [1.29, 1.82) is 0 Å². The van der Waals surface area contributed by atoms with E-state index in [4.69, 9.17) is 16.3 Å². The van der Waals surface area contributed by atoms with Gasteiger partial charge in [0, 0.05) is 12.5 Å². The van der Waals surface area contributed by atoms with Gasteiger partial charge in [-0.15, -0.1) is 0 Å². The third-order valence-corrected chi connectivity index (χ3v) is 3.86. The van der Waals surface area contributed by atoms with Gasteiger partial charge in [0.25, 0.3) is 0 Å².